The van der Waals surface area contributed by atoms with Crippen LogP contribution in [0.2, 0.25) is 0 Å². The predicted octanol–water partition coefficient (Wildman–Crippen LogP) is 3.52. The minimum Gasteiger partial charge on any atom is -0.377 e. The molecule has 3 N–H and O–H groups in total. The lowest BCUT2D eigenvalue weighted by atomic mass is 10.0. The van der Waals surface area contributed by atoms with Gasteiger partial charge >= 0.3 is 0 Å². The number of carbonyl (C=O) groups excluding carboxylic acids is 1. The van der Waals surface area contributed by atoms with Gasteiger partial charge in [-0.25, -0.2) is 8.91 Å². The van der Waals surface area contributed by atoms with Gasteiger partial charge in [0.15, 0.2) is 0 Å². The van der Waals surface area contributed by atoms with Gasteiger partial charge in [0.1, 0.15) is 5.67 Å². The second-order valence-electron chi connectivity index (χ2n) is 6.98. The van der Waals surface area contributed by atoms with Gasteiger partial charge in [0.2, 0.25) is 0 Å². The Hall–Kier alpha value is -3.40. The number of anilines is 1. The minimum absolute atomic E-state index is 0.189. The molecular weight excluding hydrogens is 345 g/mol. The molecular formula is C20H20FN5O. The van der Waals surface area contributed by atoms with Crippen molar-refractivity contribution in [3.05, 3.63) is 53.9 Å². The highest BCUT2D eigenvalue weighted by atomic mass is 19.1. The van der Waals surface area contributed by atoms with Crippen LogP contribution >= 0.6 is 0 Å². The number of primary amides is 1. The van der Waals surface area contributed by atoms with E-state index in [0.717, 1.165) is 11.1 Å². The lowest BCUT2D eigenvalue weighted by molar-refractivity contribution is 0.1000. The summed E-state index contributed by atoms with van der Waals surface area (Å²) in [4.78, 5) is 11.9. The number of nitrogens with one attached hydrogen (secondary N) is 1. The molecule has 138 valence electrons. The number of rotatable bonds is 5. The highest BCUT2D eigenvalue weighted by Crippen LogP contribution is 2.30. The van der Waals surface area contributed by atoms with E-state index in [-0.39, 0.29) is 5.56 Å². The first-order valence-corrected chi connectivity index (χ1v) is 8.48. The highest BCUT2D eigenvalue weighted by Gasteiger charge is 2.27. The van der Waals surface area contributed by atoms with Gasteiger partial charge < -0.3 is 11.1 Å². The van der Waals surface area contributed by atoms with Crippen molar-refractivity contribution in [3.8, 4) is 17.2 Å². The van der Waals surface area contributed by atoms with Crippen molar-refractivity contribution < 1.29 is 9.18 Å². The number of hydrogen-bond donors (Lipinski definition) is 2. The van der Waals surface area contributed by atoms with E-state index in [1.807, 2.05) is 12.1 Å². The summed E-state index contributed by atoms with van der Waals surface area (Å²) >= 11 is 0. The monoisotopic (exact) mass is 365 g/mol. The molecule has 1 amide bonds. The topological polar surface area (TPSA) is 96.2 Å². The van der Waals surface area contributed by atoms with Crippen LogP contribution in [0.3, 0.4) is 0 Å². The summed E-state index contributed by atoms with van der Waals surface area (Å²) in [5, 5.41) is 16.4. The van der Waals surface area contributed by atoms with E-state index in [4.69, 9.17) is 11.0 Å². The van der Waals surface area contributed by atoms with Crippen LogP contribution in [-0.2, 0) is 0 Å². The Morgan fingerprint density at radius 1 is 1.37 bits per heavy atom. The number of aromatic nitrogens is 2. The van der Waals surface area contributed by atoms with Gasteiger partial charge in [0.05, 0.1) is 40.6 Å². The first kappa shape index (κ1) is 18.4. The molecule has 0 aliphatic heterocycles. The Bertz CT molecular complexity index is 1060. The second-order valence-corrected chi connectivity index (χ2v) is 6.98. The average Bonchev–Trinajstić information content (AvgIpc) is 3.05. The number of carbonyl (C=O) groups is 1. The Morgan fingerprint density at radius 3 is 2.74 bits per heavy atom. The molecule has 7 heteroatoms. The molecule has 0 saturated carbocycles. The van der Waals surface area contributed by atoms with E-state index >= 15 is 0 Å². The number of alkyl halides is 1. The minimum atomic E-state index is -1.51. The Kier molecular flexibility index (Phi) is 4.58. The van der Waals surface area contributed by atoms with Crippen LogP contribution in [0.25, 0.3) is 16.6 Å². The molecule has 27 heavy (non-hydrogen) atoms. The molecule has 0 spiro atoms. The summed E-state index contributed by atoms with van der Waals surface area (Å²) in [5.41, 5.74) is 7.39. The van der Waals surface area contributed by atoms with Crippen molar-refractivity contribution in [1.29, 1.82) is 5.26 Å². The van der Waals surface area contributed by atoms with Gasteiger partial charge in [-0.15, -0.1) is 0 Å². The molecule has 1 aromatic carbocycles. The van der Waals surface area contributed by atoms with Crippen LogP contribution in [0.1, 0.15) is 36.7 Å². The Labute approximate surface area is 156 Å². The zero-order valence-electron chi connectivity index (χ0n) is 15.3. The number of halogens is 1. The molecule has 3 rings (SSSR count). The first-order valence-electron chi connectivity index (χ1n) is 8.48. The molecule has 0 aliphatic carbocycles. The molecule has 0 fully saturated rings. The lowest BCUT2D eigenvalue weighted by Crippen LogP contribution is -2.36. The molecule has 2 heterocycles. The van der Waals surface area contributed by atoms with Crippen molar-refractivity contribution in [2.75, 3.05) is 5.32 Å². The van der Waals surface area contributed by atoms with Crippen LogP contribution < -0.4 is 11.1 Å². The number of nitriles is 1. The summed E-state index contributed by atoms with van der Waals surface area (Å²) in [6.45, 7) is 4.62. The van der Waals surface area contributed by atoms with Crippen LogP contribution in [0, 0.1) is 11.3 Å². The van der Waals surface area contributed by atoms with Crippen molar-refractivity contribution in [3.63, 3.8) is 0 Å². The maximum absolute atomic E-state index is 14.3. The van der Waals surface area contributed by atoms with Crippen LogP contribution in [0.5, 0.6) is 0 Å². The fourth-order valence-corrected chi connectivity index (χ4v) is 2.71. The smallest absolute Gasteiger partial charge is 0.252 e. The summed E-state index contributed by atoms with van der Waals surface area (Å²) < 4.78 is 15.9. The van der Waals surface area contributed by atoms with E-state index in [1.54, 1.807) is 35.8 Å². The molecule has 0 saturated heterocycles. The zero-order valence-corrected chi connectivity index (χ0v) is 15.3. The van der Waals surface area contributed by atoms with Crippen LogP contribution in [-0.4, -0.2) is 27.2 Å². The largest absolute Gasteiger partial charge is 0.377 e. The van der Waals surface area contributed by atoms with Gasteiger partial charge in [0.25, 0.3) is 5.91 Å². The number of hydrogen-bond acceptors (Lipinski definition) is 4. The number of benzene rings is 1. The maximum atomic E-state index is 14.3. The molecule has 0 bridgehead atoms. The standard InChI is InChI=1S/C20H20FN5O/c1-12(20(2,3)21)25-18-16(19(23)27)10-24-26-11-15(8-17(18)26)14-6-4-5-13(7-14)9-22/h4-8,10-12,25H,1-3H3,(H2,23,27). The summed E-state index contributed by atoms with van der Waals surface area (Å²) in [7, 11) is 0. The fourth-order valence-electron chi connectivity index (χ4n) is 2.71. The number of nitrogens with two attached hydrogens (primary N) is 1. The molecule has 3 aromatic rings. The van der Waals surface area contributed by atoms with Gasteiger partial charge in [-0.2, -0.15) is 10.4 Å². The maximum Gasteiger partial charge on any atom is 0.252 e. The molecule has 6 nitrogen and oxygen atoms in total. The number of amides is 1. The van der Waals surface area contributed by atoms with E-state index in [1.165, 1.54) is 20.0 Å². The molecule has 1 unspecified atom stereocenters. The van der Waals surface area contributed by atoms with Gasteiger partial charge in [-0.1, -0.05) is 12.1 Å². The zero-order chi connectivity index (χ0) is 19.8. The normalized spacial score (nSPS) is 12.6. The third kappa shape index (κ3) is 3.60. The molecule has 2 aromatic heterocycles. The Balaban J connectivity index is 2.16. The third-order valence-electron chi connectivity index (χ3n) is 4.62. The quantitative estimate of drug-likeness (QED) is 0.723. The lowest BCUT2D eigenvalue weighted by Gasteiger charge is -2.26. The molecule has 1 atom stereocenters. The van der Waals surface area contributed by atoms with Crippen molar-refractivity contribution in [1.82, 2.24) is 9.61 Å². The van der Waals surface area contributed by atoms with Crippen molar-refractivity contribution >= 4 is 17.1 Å². The third-order valence-corrected chi connectivity index (χ3v) is 4.62. The van der Waals surface area contributed by atoms with Crippen LogP contribution in [0.4, 0.5) is 10.1 Å². The van der Waals surface area contributed by atoms with Gasteiger partial charge in [0, 0.05) is 11.8 Å². The Morgan fingerprint density at radius 2 is 2.11 bits per heavy atom. The fraction of sp³-hybridized carbons (Fsp3) is 0.250. The van der Waals surface area contributed by atoms with Crippen molar-refractivity contribution in [2.24, 2.45) is 5.73 Å². The number of fused-ring (bicyclic) bond motifs is 1. The molecule has 0 radical (unpaired) electrons. The highest BCUT2D eigenvalue weighted by molar-refractivity contribution is 6.02. The molecule has 0 aliphatic rings. The predicted molar refractivity (Wildman–Crippen MR) is 102 cm³/mol. The summed E-state index contributed by atoms with van der Waals surface area (Å²) in [5.74, 6) is -0.648. The first-order chi connectivity index (χ1) is 12.7. The SMILES string of the molecule is CC(Nc1c(C(N)=O)cnn2cc(-c3cccc(C#N)c3)cc12)C(C)(C)F. The van der Waals surface area contributed by atoms with E-state index in [0.29, 0.717) is 16.8 Å². The van der Waals surface area contributed by atoms with E-state index in [2.05, 4.69) is 16.5 Å². The van der Waals surface area contributed by atoms with E-state index in [9.17, 15) is 9.18 Å². The van der Waals surface area contributed by atoms with Crippen molar-refractivity contribution in [2.45, 2.75) is 32.5 Å². The average molecular weight is 365 g/mol. The van der Waals surface area contributed by atoms with Gasteiger partial charge in [-0.3, -0.25) is 4.79 Å². The van der Waals surface area contributed by atoms with E-state index < -0.39 is 17.6 Å². The summed E-state index contributed by atoms with van der Waals surface area (Å²) in [6, 6.07) is 10.5. The van der Waals surface area contributed by atoms with Crippen LogP contribution in [0.15, 0.2) is 42.7 Å². The van der Waals surface area contributed by atoms with Gasteiger partial charge in [-0.05, 0) is 44.5 Å². The number of nitrogens with zero attached hydrogens (tertiary/aromatic N) is 3. The second kappa shape index (κ2) is 6.72. The summed E-state index contributed by atoms with van der Waals surface area (Å²) in [6.07, 6.45) is 3.15.